The van der Waals surface area contributed by atoms with Crippen molar-refractivity contribution in [2.75, 3.05) is 0 Å². The van der Waals surface area contributed by atoms with E-state index in [1.165, 1.54) is 0 Å². The summed E-state index contributed by atoms with van der Waals surface area (Å²) >= 11 is 0. The summed E-state index contributed by atoms with van der Waals surface area (Å²) in [4.78, 5) is 17.8. The molecule has 4 nitrogen and oxygen atoms in total. The van der Waals surface area contributed by atoms with Crippen molar-refractivity contribution in [2.24, 2.45) is 0 Å². The molecule has 0 heterocycles. The molecule has 0 aromatic heterocycles. The first-order chi connectivity index (χ1) is 3.46. The monoisotopic (exact) mass is 184 g/mol. The number of hydrogen-bond acceptors (Lipinski definition) is 4. The second kappa shape index (κ2) is 16.5. The van der Waals surface area contributed by atoms with Crippen LogP contribution in [0.4, 0.5) is 0 Å². The van der Waals surface area contributed by atoms with Crippen molar-refractivity contribution in [1.29, 1.82) is 0 Å². The van der Waals surface area contributed by atoms with E-state index in [0.717, 1.165) is 13.8 Å². The molecule has 0 aromatic rings. The summed E-state index contributed by atoms with van der Waals surface area (Å²) in [5, 5.41) is 17.8. The molecular weight excluding hydrogens is 176 g/mol. The van der Waals surface area contributed by atoms with Crippen molar-refractivity contribution in [2.45, 2.75) is 13.8 Å². The van der Waals surface area contributed by atoms with E-state index in [1.807, 2.05) is 0 Å². The van der Waals surface area contributed by atoms with Crippen LogP contribution in [0.1, 0.15) is 16.7 Å². The van der Waals surface area contributed by atoms with Crippen LogP contribution >= 0.6 is 0 Å². The van der Waals surface area contributed by atoms with Crippen LogP contribution in [0.25, 0.3) is 0 Å². The first kappa shape index (κ1) is 22.4. The number of hydrogen-bond donors (Lipinski definition) is 0. The SMILES string of the molecule is CC(=O)[O-].CC(=O)[O-].[Ca+2].[H-].[H-].[Mg+2]. The van der Waals surface area contributed by atoms with Gasteiger partial charge in [-0.25, -0.2) is 0 Å². The van der Waals surface area contributed by atoms with Gasteiger partial charge in [0, 0.05) is 11.9 Å². The first-order valence-corrected chi connectivity index (χ1v) is 1.82. The minimum absolute atomic E-state index is 0. The summed E-state index contributed by atoms with van der Waals surface area (Å²) < 4.78 is 0. The van der Waals surface area contributed by atoms with Gasteiger partial charge >= 0.3 is 60.8 Å². The fourth-order valence-electron chi connectivity index (χ4n) is 0. The maximum absolute atomic E-state index is 8.89. The largest absolute Gasteiger partial charge is 2.00 e. The molecule has 0 aliphatic rings. The Balaban J connectivity index is -0.0000000112. The molecule has 0 aliphatic carbocycles. The van der Waals surface area contributed by atoms with Crippen molar-refractivity contribution >= 4 is 72.7 Å². The second-order valence-electron chi connectivity index (χ2n) is 0.983. The van der Waals surface area contributed by atoms with Gasteiger partial charge in [0.15, 0.2) is 0 Å². The predicted molar refractivity (Wildman–Crippen MR) is 35.1 cm³/mol. The van der Waals surface area contributed by atoms with Crippen LogP contribution < -0.4 is 10.2 Å². The summed E-state index contributed by atoms with van der Waals surface area (Å²) in [5.74, 6) is -2.17. The first-order valence-electron chi connectivity index (χ1n) is 1.82. The summed E-state index contributed by atoms with van der Waals surface area (Å²) in [7, 11) is 0. The van der Waals surface area contributed by atoms with Crippen molar-refractivity contribution in [3.05, 3.63) is 0 Å². The standard InChI is InChI=1S/2C2H4O2.Ca.Mg.2H/c2*1-2(3)4;;;;/h2*1H3,(H,3,4);;;;/q;;2*+2;2*-1/p-2. The third-order valence-corrected chi connectivity index (χ3v) is 0. The van der Waals surface area contributed by atoms with Gasteiger partial charge in [0.1, 0.15) is 0 Å². The van der Waals surface area contributed by atoms with Gasteiger partial charge in [-0.3, -0.25) is 0 Å². The van der Waals surface area contributed by atoms with E-state index in [0.29, 0.717) is 0 Å². The quantitative estimate of drug-likeness (QED) is 0.375. The number of carbonyl (C=O) groups excluding carboxylic acids is 2. The van der Waals surface area contributed by atoms with Gasteiger partial charge in [-0.15, -0.1) is 0 Å². The Bertz CT molecular complexity index is 83.1. The number of aliphatic carboxylic acids is 2. The fraction of sp³-hybridized carbons (Fsp3) is 0.500. The summed E-state index contributed by atoms with van der Waals surface area (Å²) in [6.07, 6.45) is 0. The molecule has 0 fully saturated rings. The zero-order valence-corrected chi connectivity index (χ0v) is 9.67. The van der Waals surface area contributed by atoms with Crippen LogP contribution in [0, 0.1) is 0 Å². The fourth-order valence-corrected chi connectivity index (χ4v) is 0. The van der Waals surface area contributed by atoms with Crippen molar-refractivity contribution in [3.8, 4) is 0 Å². The average Bonchev–Trinajstić information content (AvgIpc) is 1.25. The molecule has 0 amide bonds. The number of carboxylic acid groups (broad SMARTS) is 2. The minimum Gasteiger partial charge on any atom is -1.00 e. The van der Waals surface area contributed by atoms with Crippen molar-refractivity contribution < 1.29 is 22.7 Å². The van der Waals surface area contributed by atoms with Gasteiger partial charge in [0.05, 0.1) is 0 Å². The molecule has 52 valence electrons. The Kier molecular flexibility index (Phi) is 37.1. The molecule has 0 aromatic carbocycles. The number of rotatable bonds is 0. The molecule has 0 spiro atoms. The van der Waals surface area contributed by atoms with E-state index in [4.69, 9.17) is 19.8 Å². The van der Waals surface area contributed by atoms with Gasteiger partial charge in [-0.05, 0) is 13.8 Å². The van der Waals surface area contributed by atoms with Crippen molar-refractivity contribution in [3.63, 3.8) is 0 Å². The Morgan fingerprint density at radius 3 is 1.10 bits per heavy atom. The van der Waals surface area contributed by atoms with Crippen LogP contribution in [0.15, 0.2) is 0 Å². The third kappa shape index (κ3) is 610. The normalized spacial score (nSPS) is 5.00. The number of carboxylic acids is 2. The van der Waals surface area contributed by atoms with Gasteiger partial charge < -0.3 is 22.7 Å². The average molecular weight is 184 g/mol. The zero-order chi connectivity index (χ0) is 7.15. The van der Waals surface area contributed by atoms with E-state index in [2.05, 4.69) is 0 Å². The Hall–Kier alpha value is 0.966. The Morgan fingerprint density at radius 2 is 1.10 bits per heavy atom. The molecule has 0 atom stereocenters. The zero-order valence-electron chi connectivity index (χ0n) is 8.05. The maximum Gasteiger partial charge on any atom is 2.00 e. The van der Waals surface area contributed by atoms with Gasteiger partial charge in [0.2, 0.25) is 0 Å². The maximum atomic E-state index is 8.89. The smallest absolute Gasteiger partial charge is 1.00 e. The van der Waals surface area contributed by atoms with Crippen LogP contribution in [0.5, 0.6) is 0 Å². The molecule has 0 saturated carbocycles. The molecule has 0 radical (unpaired) electrons. The summed E-state index contributed by atoms with van der Waals surface area (Å²) in [6, 6.07) is 0. The predicted octanol–water partition coefficient (Wildman–Crippen LogP) is -3.02. The van der Waals surface area contributed by atoms with E-state index >= 15 is 0 Å². The van der Waals surface area contributed by atoms with Gasteiger partial charge in [-0.2, -0.15) is 0 Å². The second-order valence-corrected chi connectivity index (χ2v) is 0.983. The van der Waals surface area contributed by atoms with Crippen LogP contribution in [0.2, 0.25) is 0 Å². The summed E-state index contributed by atoms with van der Waals surface area (Å²) in [5.41, 5.74) is 0. The van der Waals surface area contributed by atoms with Crippen LogP contribution in [0.3, 0.4) is 0 Å². The molecule has 0 saturated heterocycles. The van der Waals surface area contributed by atoms with Gasteiger partial charge in [0.25, 0.3) is 0 Å². The minimum atomic E-state index is -1.08. The van der Waals surface area contributed by atoms with E-state index in [1.54, 1.807) is 0 Å². The molecule has 0 N–H and O–H groups in total. The van der Waals surface area contributed by atoms with Crippen LogP contribution in [-0.2, 0) is 9.59 Å². The molecule has 10 heavy (non-hydrogen) atoms. The molecule has 0 bridgehead atoms. The van der Waals surface area contributed by atoms with E-state index < -0.39 is 11.9 Å². The molecule has 0 aliphatic heterocycles. The molecule has 0 unspecified atom stereocenters. The molecule has 6 heteroatoms. The molecular formula is C4H8CaMgO4. The number of carbonyl (C=O) groups is 2. The topological polar surface area (TPSA) is 80.3 Å². The van der Waals surface area contributed by atoms with Gasteiger partial charge in [-0.1, -0.05) is 0 Å². The van der Waals surface area contributed by atoms with Crippen LogP contribution in [-0.4, -0.2) is 72.7 Å². The van der Waals surface area contributed by atoms with Crippen molar-refractivity contribution in [1.82, 2.24) is 0 Å². The third-order valence-electron chi connectivity index (χ3n) is 0. The molecule has 0 rings (SSSR count). The Morgan fingerprint density at radius 1 is 1.10 bits per heavy atom. The summed E-state index contributed by atoms with van der Waals surface area (Å²) in [6.45, 7) is 1.94. The van der Waals surface area contributed by atoms with E-state index in [-0.39, 0.29) is 63.6 Å². The van der Waals surface area contributed by atoms with E-state index in [9.17, 15) is 0 Å². The Labute approximate surface area is 108 Å².